The van der Waals surface area contributed by atoms with Crippen molar-refractivity contribution in [2.24, 2.45) is 17.1 Å². The van der Waals surface area contributed by atoms with Crippen LogP contribution in [-0.2, 0) is 4.79 Å². The lowest BCUT2D eigenvalue weighted by Crippen LogP contribution is -2.41. The lowest BCUT2D eigenvalue weighted by Gasteiger charge is -2.33. The van der Waals surface area contributed by atoms with Crippen molar-refractivity contribution in [2.45, 2.75) is 40.2 Å². The topological polar surface area (TPSA) is 55.1 Å². The predicted octanol–water partition coefficient (Wildman–Crippen LogP) is 2.87. The summed E-state index contributed by atoms with van der Waals surface area (Å²) in [7, 11) is 0. The molecule has 0 saturated heterocycles. The van der Waals surface area contributed by atoms with Gasteiger partial charge in [0.25, 0.3) is 0 Å². The summed E-state index contributed by atoms with van der Waals surface area (Å²) in [5.74, 6) is -0.0534. The Labute approximate surface area is 116 Å². The van der Waals surface area contributed by atoms with Crippen molar-refractivity contribution in [3.63, 3.8) is 0 Å². The summed E-state index contributed by atoms with van der Waals surface area (Å²) in [5.41, 5.74) is 6.74. The highest BCUT2D eigenvalue weighted by Crippen LogP contribution is 2.32. The van der Waals surface area contributed by atoms with Gasteiger partial charge in [-0.1, -0.05) is 58.0 Å². The molecule has 0 aliphatic heterocycles. The molecule has 106 valence electrons. The van der Waals surface area contributed by atoms with Gasteiger partial charge in [-0.05, 0) is 17.4 Å². The van der Waals surface area contributed by atoms with Crippen LogP contribution in [0.4, 0.5) is 0 Å². The van der Waals surface area contributed by atoms with E-state index in [1.807, 2.05) is 25.1 Å². The Morgan fingerprint density at radius 3 is 2.26 bits per heavy atom. The van der Waals surface area contributed by atoms with Crippen molar-refractivity contribution in [1.82, 2.24) is 5.32 Å². The highest BCUT2D eigenvalue weighted by molar-refractivity contribution is 5.79. The highest BCUT2D eigenvalue weighted by atomic mass is 16.2. The summed E-state index contributed by atoms with van der Waals surface area (Å²) in [4.78, 5) is 12.2. The second-order valence-electron chi connectivity index (χ2n) is 6.06. The van der Waals surface area contributed by atoms with E-state index in [1.165, 1.54) is 0 Å². The van der Waals surface area contributed by atoms with Gasteiger partial charge in [0, 0.05) is 12.5 Å². The molecule has 2 atom stereocenters. The molecule has 1 rings (SSSR count). The van der Waals surface area contributed by atoms with Crippen LogP contribution in [-0.4, -0.2) is 12.5 Å². The van der Waals surface area contributed by atoms with E-state index in [1.54, 1.807) is 0 Å². The van der Waals surface area contributed by atoms with Crippen LogP contribution >= 0.6 is 0 Å². The van der Waals surface area contributed by atoms with E-state index >= 15 is 0 Å². The van der Waals surface area contributed by atoms with Crippen LogP contribution in [0.15, 0.2) is 30.3 Å². The smallest absolute Gasteiger partial charge is 0.224 e. The third kappa shape index (κ3) is 4.35. The molecular weight excluding hydrogens is 236 g/mol. The largest absolute Gasteiger partial charge is 0.348 e. The normalized spacial score (nSPS) is 14.8. The van der Waals surface area contributed by atoms with Gasteiger partial charge in [0.1, 0.15) is 0 Å². The van der Waals surface area contributed by atoms with E-state index < -0.39 is 0 Å². The van der Waals surface area contributed by atoms with E-state index in [4.69, 9.17) is 5.73 Å². The van der Waals surface area contributed by atoms with Crippen molar-refractivity contribution < 1.29 is 4.79 Å². The summed E-state index contributed by atoms with van der Waals surface area (Å²) in [5, 5.41) is 3.16. The first-order valence-electron chi connectivity index (χ1n) is 6.95. The van der Waals surface area contributed by atoms with Crippen LogP contribution < -0.4 is 11.1 Å². The van der Waals surface area contributed by atoms with E-state index in [-0.39, 0.29) is 23.3 Å². The fraction of sp³-hybridized carbons (Fsp3) is 0.562. The Morgan fingerprint density at radius 1 is 1.26 bits per heavy atom. The Bertz CT molecular complexity index is 391. The molecule has 1 aromatic carbocycles. The number of carbonyl (C=O) groups excluding carboxylic acids is 1. The van der Waals surface area contributed by atoms with Crippen LogP contribution in [0.2, 0.25) is 0 Å². The van der Waals surface area contributed by atoms with Crippen molar-refractivity contribution in [3.05, 3.63) is 35.9 Å². The Kier molecular flexibility index (Phi) is 5.55. The van der Waals surface area contributed by atoms with Crippen molar-refractivity contribution in [2.75, 3.05) is 6.54 Å². The minimum absolute atomic E-state index is 0.00167. The predicted molar refractivity (Wildman–Crippen MR) is 79.6 cm³/mol. The number of nitrogens with two attached hydrogens (primary N) is 1. The monoisotopic (exact) mass is 262 g/mol. The van der Waals surface area contributed by atoms with Crippen LogP contribution in [0.1, 0.15) is 45.7 Å². The first kappa shape index (κ1) is 15.7. The molecule has 0 fully saturated rings. The maximum atomic E-state index is 12.2. The number of carbonyl (C=O) groups is 1. The minimum Gasteiger partial charge on any atom is -0.348 e. The average Bonchev–Trinajstić information content (AvgIpc) is 2.37. The van der Waals surface area contributed by atoms with Gasteiger partial charge >= 0.3 is 0 Å². The van der Waals surface area contributed by atoms with Crippen LogP contribution in [0.25, 0.3) is 0 Å². The lowest BCUT2D eigenvalue weighted by atomic mass is 9.82. The Hall–Kier alpha value is -1.35. The molecule has 3 N–H and O–H groups in total. The summed E-state index contributed by atoms with van der Waals surface area (Å²) >= 11 is 0. The molecule has 3 nitrogen and oxygen atoms in total. The molecule has 0 saturated carbocycles. The molecule has 0 aromatic heterocycles. The van der Waals surface area contributed by atoms with Gasteiger partial charge in [0.2, 0.25) is 5.91 Å². The van der Waals surface area contributed by atoms with Crippen molar-refractivity contribution >= 4 is 5.91 Å². The minimum atomic E-state index is -0.103. The summed E-state index contributed by atoms with van der Waals surface area (Å²) in [6.45, 7) is 8.79. The first-order valence-corrected chi connectivity index (χ1v) is 6.95. The standard InChI is InChI=1S/C16H26N2O/c1-5-12(11-17)15(19)18-14(16(2,3)4)13-9-7-6-8-10-13/h6-10,12,14H,5,11,17H2,1-4H3,(H,18,19). The maximum absolute atomic E-state index is 12.2. The van der Waals surface area contributed by atoms with Crippen LogP contribution in [0.3, 0.4) is 0 Å². The second-order valence-corrected chi connectivity index (χ2v) is 6.06. The number of hydrogen-bond donors (Lipinski definition) is 2. The van der Waals surface area contributed by atoms with Crippen LogP contribution in [0, 0.1) is 11.3 Å². The lowest BCUT2D eigenvalue weighted by molar-refractivity contribution is -0.126. The first-order chi connectivity index (χ1) is 8.90. The molecule has 0 spiro atoms. The molecule has 2 unspecified atom stereocenters. The molecule has 1 amide bonds. The SMILES string of the molecule is CCC(CN)C(=O)NC(c1ccccc1)C(C)(C)C. The fourth-order valence-corrected chi connectivity index (χ4v) is 2.16. The molecule has 3 heteroatoms. The molecule has 0 radical (unpaired) electrons. The average molecular weight is 262 g/mol. The van der Waals surface area contributed by atoms with Gasteiger partial charge in [-0.15, -0.1) is 0 Å². The van der Waals surface area contributed by atoms with E-state index in [9.17, 15) is 4.79 Å². The van der Waals surface area contributed by atoms with Crippen LogP contribution in [0.5, 0.6) is 0 Å². The van der Waals surface area contributed by atoms with Gasteiger partial charge in [-0.3, -0.25) is 4.79 Å². The molecule has 0 heterocycles. The van der Waals surface area contributed by atoms with Crippen molar-refractivity contribution in [1.29, 1.82) is 0 Å². The molecule has 19 heavy (non-hydrogen) atoms. The summed E-state index contributed by atoms with van der Waals surface area (Å²) in [6, 6.07) is 10.1. The maximum Gasteiger partial charge on any atom is 0.224 e. The number of hydrogen-bond acceptors (Lipinski definition) is 2. The second kappa shape index (κ2) is 6.71. The zero-order chi connectivity index (χ0) is 14.5. The number of benzene rings is 1. The number of nitrogens with one attached hydrogen (secondary N) is 1. The summed E-state index contributed by atoms with van der Waals surface area (Å²) < 4.78 is 0. The number of rotatable bonds is 5. The van der Waals surface area contributed by atoms with Gasteiger partial charge in [-0.25, -0.2) is 0 Å². The number of amides is 1. The molecule has 1 aromatic rings. The molecule has 0 bridgehead atoms. The highest BCUT2D eigenvalue weighted by Gasteiger charge is 2.29. The molecule has 0 aliphatic carbocycles. The van der Waals surface area contributed by atoms with Gasteiger partial charge < -0.3 is 11.1 Å². The van der Waals surface area contributed by atoms with E-state index in [0.717, 1.165) is 12.0 Å². The van der Waals surface area contributed by atoms with E-state index in [2.05, 4.69) is 38.2 Å². The third-order valence-electron chi connectivity index (χ3n) is 3.43. The summed E-state index contributed by atoms with van der Waals surface area (Å²) in [6.07, 6.45) is 0.772. The Morgan fingerprint density at radius 2 is 1.84 bits per heavy atom. The third-order valence-corrected chi connectivity index (χ3v) is 3.43. The van der Waals surface area contributed by atoms with Crippen molar-refractivity contribution in [3.8, 4) is 0 Å². The zero-order valence-electron chi connectivity index (χ0n) is 12.4. The molecule has 0 aliphatic rings. The van der Waals surface area contributed by atoms with Gasteiger partial charge in [0.05, 0.1) is 6.04 Å². The Balaban J connectivity index is 2.92. The quantitative estimate of drug-likeness (QED) is 0.857. The van der Waals surface area contributed by atoms with Gasteiger partial charge in [0.15, 0.2) is 0 Å². The van der Waals surface area contributed by atoms with E-state index in [0.29, 0.717) is 6.54 Å². The van der Waals surface area contributed by atoms with Gasteiger partial charge in [-0.2, -0.15) is 0 Å². The fourth-order valence-electron chi connectivity index (χ4n) is 2.16. The molecular formula is C16H26N2O. The zero-order valence-corrected chi connectivity index (χ0v) is 12.4.